The topological polar surface area (TPSA) is 39.1 Å². The van der Waals surface area contributed by atoms with Gasteiger partial charge in [-0.2, -0.15) is 0 Å². The van der Waals surface area contributed by atoms with Crippen LogP contribution in [0.5, 0.6) is 5.75 Å². The Morgan fingerprint density at radius 1 is 1.12 bits per heavy atom. The molecule has 1 aromatic carbocycles. The summed E-state index contributed by atoms with van der Waals surface area (Å²) in [4.78, 5) is 0. The van der Waals surface area contributed by atoms with Gasteiger partial charge in [0.2, 0.25) is 11.9 Å². The second kappa shape index (κ2) is 4.99. The number of aromatic nitrogens is 1. The minimum atomic E-state index is 0.531. The summed E-state index contributed by atoms with van der Waals surface area (Å²) < 4.78 is 7.86. The van der Waals surface area contributed by atoms with Crippen LogP contribution in [-0.4, -0.2) is 0 Å². The van der Waals surface area contributed by atoms with Crippen molar-refractivity contribution in [1.82, 2.24) is 0 Å². The zero-order chi connectivity index (χ0) is 11.4. The molecule has 0 bridgehead atoms. The highest BCUT2D eigenvalue weighted by atomic mass is 79.9. The Hall–Kier alpha value is -1.55. The minimum Gasteiger partial charge on any atom is -0.482 e. The van der Waals surface area contributed by atoms with Crippen LogP contribution in [0, 0.1) is 0 Å². The Morgan fingerprint density at radius 2 is 1.88 bits per heavy atom. The van der Waals surface area contributed by atoms with Gasteiger partial charge in [0, 0.05) is 22.0 Å². The van der Waals surface area contributed by atoms with Crippen molar-refractivity contribution in [2.45, 2.75) is 6.61 Å². The molecule has 0 radical (unpaired) electrons. The van der Waals surface area contributed by atoms with Crippen molar-refractivity contribution in [3.8, 4) is 5.75 Å². The number of hydrogen-bond donors (Lipinski definition) is 1. The van der Waals surface area contributed by atoms with Gasteiger partial charge in [-0.1, -0.05) is 35.0 Å². The summed E-state index contributed by atoms with van der Waals surface area (Å²) in [7, 11) is 0. The normalized spacial score (nSPS) is 10.1. The molecule has 0 saturated carbocycles. The molecule has 0 saturated heterocycles. The minimum absolute atomic E-state index is 0.531. The highest BCUT2D eigenvalue weighted by Crippen LogP contribution is 2.20. The lowest BCUT2D eigenvalue weighted by molar-refractivity contribution is -0.650. The summed E-state index contributed by atoms with van der Waals surface area (Å²) in [6.07, 6.45) is 1.75. The lowest BCUT2D eigenvalue weighted by Crippen LogP contribution is -2.45. The summed E-state index contributed by atoms with van der Waals surface area (Å²) >= 11 is 3.37. The van der Waals surface area contributed by atoms with Gasteiger partial charge in [0.05, 0.1) is 0 Å². The van der Waals surface area contributed by atoms with Crippen molar-refractivity contribution < 1.29 is 9.41 Å². The van der Waals surface area contributed by atoms with E-state index in [4.69, 9.17) is 10.6 Å². The quantitative estimate of drug-likeness (QED) is 0.531. The van der Waals surface area contributed by atoms with Crippen LogP contribution in [0.2, 0.25) is 0 Å². The fraction of sp³-hybridized carbons (Fsp3) is 0.0833. The van der Waals surface area contributed by atoms with Gasteiger partial charge in [-0.3, -0.25) is 0 Å². The summed E-state index contributed by atoms with van der Waals surface area (Å²) in [5, 5.41) is 0. The van der Waals surface area contributed by atoms with Crippen LogP contribution in [0.1, 0.15) is 5.56 Å². The van der Waals surface area contributed by atoms with Gasteiger partial charge in [-0.05, 0) is 11.6 Å². The molecule has 4 heteroatoms. The maximum atomic E-state index is 5.68. The third kappa shape index (κ3) is 2.52. The Kier molecular flexibility index (Phi) is 3.41. The average Bonchev–Trinajstić information content (AvgIpc) is 2.32. The van der Waals surface area contributed by atoms with Crippen molar-refractivity contribution in [2.24, 2.45) is 0 Å². The van der Waals surface area contributed by atoms with Gasteiger partial charge in [0.15, 0.2) is 0 Å². The first kappa shape index (κ1) is 11.0. The lowest BCUT2D eigenvalue weighted by Gasteiger charge is -2.05. The largest absolute Gasteiger partial charge is 0.482 e. The smallest absolute Gasteiger partial charge is 0.318 e. The van der Waals surface area contributed by atoms with Gasteiger partial charge < -0.3 is 4.74 Å². The van der Waals surface area contributed by atoms with Gasteiger partial charge in [-0.25, -0.2) is 5.84 Å². The first-order valence-corrected chi connectivity index (χ1v) is 5.68. The van der Waals surface area contributed by atoms with Gasteiger partial charge in [0.1, 0.15) is 6.61 Å². The van der Waals surface area contributed by atoms with Crippen LogP contribution in [0.15, 0.2) is 53.3 Å². The van der Waals surface area contributed by atoms with Gasteiger partial charge in [-0.15, -0.1) is 0 Å². The van der Waals surface area contributed by atoms with Crippen molar-refractivity contribution in [2.75, 3.05) is 5.84 Å². The monoisotopic (exact) mass is 279 g/mol. The Labute approximate surface area is 103 Å². The van der Waals surface area contributed by atoms with E-state index in [1.807, 2.05) is 42.5 Å². The van der Waals surface area contributed by atoms with E-state index in [0.29, 0.717) is 6.61 Å². The molecule has 2 N–H and O–H groups in total. The maximum absolute atomic E-state index is 5.68. The predicted octanol–water partition coefficient (Wildman–Crippen LogP) is 2.03. The molecule has 1 heterocycles. The first-order valence-electron chi connectivity index (χ1n) is 4.89. The molecular weight excluding hydrogens is 268 g/mol. The summed E-state index contributed by atoms with van der Waals surface area (Å²) in [5.74, 6) is 6.41. The van der Waals surface area contributed by atoms with E-state index in [2.05, 4.69) is 15.9 Å². The molecule has 3 nitrogen and oxygen atoms in total. The lowest BCUT2D eigenvalue weighted by atomic mass is 10.2. The number of ether oxygens (including phenoxy) is 1. The van der Waals surface area contributed by atoms with Crippen LogP contribution in [0.3, 0.4) is 0 Å². The van der Waals surface area contributed by atoms with E-state index in [0.717, 1.165) is 15.9 Å². The fourth-order valence-electron chi connectivity index (χ4n) is 1.33. The molecule has 16 heavy (non-hydrogen) atoms. The summed E-state index contributed by atoms with van der Waals surface area (Å²) in [5.41, 5.74) is 1.13. The Balaban J connectivity index is 2.08. The second-order valence-electron chi connectivity index (χ2n) is 3.34. The molecule has 2 rings (SSSR count). The van der Waals surface area contributed by atoms with Crippen LogP contribution in [-0.2, 0) is 6.61 Å². The molecule has 0 spiro atoms. The van der Waals surface area contributed by atoms with Crippen LogP contribution >= 0.6 is 15.9 Å². The van der Waals surface area contributed by atoms with Crippen LogP contribution in [0.25, 0.3) is 0 Å². The molecule has 0 aliphatic heterocycles. The highest BCUT2D eigenvalue weighted by molar-refractivity contribution is 9.10. The molecule has 0 fully saturated rings. The number of nitrogens with two attached hydrogens (primary N) is 1. The predicted molar refractivity (Wildman–Crippen MR) is 65.3 cm³/mol. The molecule has 1 aromatic heterocycles. The molecule has 0 unspecified atom stereocenters. The van der Waals surface area contributed by atoms with Crippen molar-refractivity contribution in [1.29, 1.82) is 0 Å². The molecule has 0 amide bonds. The highest BCUT2D eigenvalue weighted by Gasteiger charge is 2.11. The van der Waals surface area contributed by atoms with Crippen molar-refractivity contribution >= 4 is 15.9 Å². The zero-order valence-corrected chi connectivity index (χ0v) is 10.2. The molecule has 0 aliphatic rings. The molecule has 82 valence electrons. The standard InChI is InChI=1S/C12H12BrN2O/c13-12-11(7-4-8-15(12)14)16-9-10-5-2-1-3-6-10/h1-8H,9,14H2/q+1. The molecule has 0 aliphatic carbocycles. The molecule has 0 atom stereocenters. The third-order valence-corrected chi connectivity index (χ3v) is 2.96. The third-order valence-electron chi connectivity index (χ3n) is 2.16. The average molecular weight is 280 g/mol. The number of nitrogens with zero attached hydrogens (tertiary/aromatic N) is 1. The van der Waals surface area contributed by atoms with Crippen LogP contribution < -0.4 is 15.3 Å². The number of rotatable bonds is 3. The van der Waals surface area contributed by atoms with Gasteiger partial charge in [0.25, 0.3) is 0 Å². The fourth-order valence-corrected chi connectivity index (χ4v) is 1.69. The molecule has 2 aromatic rings. The first-order chi connectivity index (χ1) is 7.77. The van der Waals surface area contributed by atoms with E-state index in [-0.39, 0.29) is 0 Å². The van der Waals surface area contributed by atoms with E-state index in [1.54, 1.807) is 6.20 Å². The SMILES string of the molecule is N[n+]1cccc(OCc2ccccc2)c1Br. The van der Waals surface area contributed by atoms with E-state index in [9.17, 15) is 0 Å². The number of nitrogen functional groups attached to an aromatic ring is 1. The second-order valence-corrected chi connectivity index (χ2v) is 4.10. The van der Waals surface area contributed by atoms with E-state index >= 15 is 0 Å². The Bertz CT molecular complexity index is 474. The van der Waals surface area contributed by atoms with E-state index < -0.39 is 0 Å². The Morgan fingerprint density at radius 3 is 2.62 bits per heavy atom. The maximum Gasteiger partial charge on any atom is 0.318 e. The molecular formula is C12H12BrN2O+. The van der Waals surface area contributed by atoms with E-state index in [1.165, 1.54) is 4.68 Å². The zero-order valence-electron chi connectivity index (χ0n) is 8.64. The van der Waals surface area contributed by atoms with Crippen molar-refractivity contribution in [3.05, 3.63) is 58.8 Å². The summed E-state index contributed by atoms with van der Waals surface area (Å²) in [6.45, 7) is 0.531. The number of pyridine rings is 1. The van der Waals surface area contributed by atoms with Gasteiger partial charge >= 0.3 is 4.60 Å². The summed E-state index contributed by atoms with van der Waals surface area (Å²) in [6, 6.07) is 13.7. The number of halogens is 1. The van der Waals surface area contributed by atoms with Crippen molar-refractivity contribution in [3.63, 3.8) is 0 Å². The van der Waals surface area contributed by atoms with Crippen LogP contribution in [0.4, 0.5) is 0 Å². The number of benzene rings is 1. The number of hydrogen-bond acceptors (Lipinski definition) is 2.